The number of aromatic nitrogens is 3. The van der Waals surface area contributed by atoms with Gasteiger partial charge in [0.15, 0.2) is 5.69 Å². The smallest absolute Gasteiger partial charge is 0.458 e. The van der Waals surface area contributed by atoms with Crippen molar-refractivity contribution in [1.82, 2.24) is 14.8 Å². The van der Waals surface area contributed by atoms with Gasteiger partial charge in [-0.1, -0.05) is 61.4 Å². The molecule has 0 aliphatic heterocycles. The first-order valence-electron chi connectivity index (χ1n) is 14.8. The number of aromatic carboxylic acids is 1. The maximum absolute atomic E-state index is 14.9. The van der Waals surface area contributed by atoms with Crippen molar-refractivity contribution < 1.29 is 44.7 Å². The first-order valence-corrected chi connectivity index (χ1v) is 17.2. The van der Waals surface area contributed by atoms with Gasteiger partial charge in [-0.15, -0.1) is 11.3 Å². The number of carbonyl (C=O) groups is 1. The van der Waals surface area contributed by atoms with Gasteiger partial charge in [0, 0.05) is 28.5 Å². The normalized spacial score (nSPS) is 13.9. The molecule has 2 heterocycles. The van der Waals surface area contributed by atoms with Crippen LogP contribution in [0.2, 0.25) is 0 Å². The molecular weight excluding hydrogens is 695 g/mol. The van der Waals surface area contributed by atoms with Gasteiger partial charge in [0.05, 0.1) is 11.4 Å². The second-order valence-corrected chi connectivity index (χ2v) is 14.1. The Kier molecular flexibility index (Phi) is 8.92. The summed E-state index contributed by atoms with van der Waals surface area (Å²) in [6, 6.07) is 14.0. The highest BCUT2D eigenvalue weighted by molar-refractivity contribution is 7.89. The Bertz CT molecular complexity index is 2160. The first kappa shape index (κ1) is 34.3. The minimum atomic E-state index is -5.76. The lowest BCUT2D eigenvalue weighted by atomic mass is 9.94. The molecule has 2 aromatic heterocycles. The Morgan fingerprint density at radius 2 is 1.67 bits per heavy atom. The highest BCUT2D eigenvalue weighted by Gasteiger charge is 2.58. The average Bonchev–Trinajstić information content (AvgIpc) is 3.60. The average molecular weight is 721 g/mol. The second-order valence-electron chi connectivity index (χ2n) is 11.7. The number of carboxylic acid groups (broad SMARTS) is 1. The first-order chi connectivity index (χ1) is 23.0. The summed E-state index contributed by atoms with van der Waals surface area (Å²) in [6.45, 7) is 0. The van der Waals surface area contributed by atoms with Crippen LogP contribution >= 0.6 is 11.3 Å². The zero-order valence-electron chi connectivity index (χ0n) is 25.2. The summed E-state index contributed by atoms with van der Waals surface area (Å²) in [5, 5.41) is 21.1. The molecule has 8 nitrogen and oxygen atoms in total. The molecule has 3 aromatic carbocycles. The van der Waals surface area contributed by atoms with Crippen molar-refractivity contribution in [3.8, 4) is 27.5 Å². The molecule has 16 heteroatoms. The summed E-state index contributed by atoms with van der Waals surface area (Å²) in [7, 11) is -4.32. The van der Waals surface area contributed by atoms with Gasteiger partial charge >= 0.3 is 18.1 Å². The van der Waals surface area contributed by atoms with Crippen LogP contribution < -0.4 is 5.14 Å². The maximum atomic E-state index is 14.9. The van der Waals surface area contributed by atoms with Crippen molar-refractivity contribution in [1.29, 1.82) is 0 Å². The van der Waals surface area contributed by atoms with E-state index in [0.29, 0.717) is 63.7 Å². The molecule has 1 fully saturated rings. The number of rotatable bonds is 11. The molecule has 256 valence electrons. The molecule has 0 atom stereocenters. The van der Waals surface area contributed by atoms with Crippen molar-refractivity contribution in [2.75, 3.05) is 0 Å². The molecule has 1 saturated carbocycles. The largest absolute Gasteiger partial charge is 0.476 e. The molecular formula is C33H26F6N4O4S2. The lowest BCUT2D eigenvalue weighted by Crippen LogP contribution is -2.33. The Labute approximate surface area is 279 Å². The van der Waals surface area contributed by atoms with Gasteiger partial charge in [0.25, 0.3) is 0 Å². The summed E-state index contributed by atoms with van der Waals surface area (Å²) in [6.07, 6.45) is -2.31. The third-order valence-electron chi connectivity index (χ3n) is 8.23. The van der Waals surface area contributed by atoms with Gasteiger partial charge in [-0.3, -0.25) is 0 Å². The zero-order chi connectivity index (χ0) is 35.3. The third kappa shape index (κ3) is 7.12. The quantitative estimate of drug-likeness (QED) is 0.135. The van der Waals surface area contributed by atoms with Gasteiger partial charge in [-0.05, 0) is 53.6 Å². The highest BCUT2D eigenvalue weighted by atomic mass is 32.2. The van der Waals surface area contributed by atoms with Gasteiger partial charge in [-0.2, -0.15) is 27.1 Å². The van der Waals surface area contributed by atoms with Crippen LogP contribution in [0.1, 0.15) is 52.1 Å². The van der Waals surface area contributed by atoms with E-state index < -0.39 is 44.4 Å². The minimum Gasteiger partial charge on any atom is -0.476 e. The minimum absolute atomic E-state index is 0.0692. The molecule has 0 radical (unpaired) electrons. The van der Waals surface area contributed by atoms with Crippen LogP contribution in [0.3, 0.4) is 0 Å². The number of nitrogens with zero attached hydrogens (tertiary/aromatic N) is 3. The number of carboxylic acids is 1. The van der Waals surface area contributed by atoms with Crippen molar-refractivity contribution >= 4 is 27.3 Å². The number of nitrogens with two attached hydrogens (primary N) is 1. The lowest BCUT2D eigenvalue weighted by molar-refractivity contribution is -0.289. The third-order valence-corrected chi connectivity index (χ3v) is 9.99. The fourth-order valence-corrected chi connectivity index (χ4v) is 6.86. The Morgan fingerprint density at radius 1 is 0.980 bits per heavy atom. The maximum Gasteiger partial charge on any atom is 0.458 e. The second kappa shape index (κ2) is 12.7. The van der Waals surface area contributed by atoms with E-state index in [2.05, 4.69) is 4.98 Å². The Balaban J connectivity index is 1.47. The summed E-state index contributed by atoms with van der Waals surface area (Å²) in [5.74, 6) is -6.82. The van der Waals surface area contributed by atoms with Crippen LogP contribution in [0.15, 0.2) is 77.0 Å². The van der Waals surface area contributed by atoms with Crippen molar-refractivity contribution in [3.05, 3.63) is 106 Å². The van der Waals surface area contributed by atoms with E-state index >= 15 is 0 Å². The standard InChI is InChI=1S/C33H26F6N4O4S2/c34-25-15-19(7-13-28(25)49(40,46)47)14-24-27(12-6-18-4-5-18)43(31-41-26(17-48-31)30(44)45)42-29(24)22-3-1-2-21(16-22)20-8-10-23(11-9-20)32(35,36)33(37,38)39/h1-3,7-11,13,15-18H,4-6,12,14H2,(H,44,45)(H2,40,46,47). The fraction of sp³-hybridized carbons (Fsp3) is 0.242. The number of hydrogen-bond acceptors (Lipinski definition) is 6. The molecule has 0 saturated heterocycles. The van der Waals surface area contributed by atoms with Crippen LogP contribution in [-0.4, -0.2) is 40.4 Å². The monoisotopic (exact) mass is 720 g/mol. The summed E-state index contributed by atoms with van der Waals surface area (Å²) >= 11 is 1.06. The van der Waals surface area contributed by atoms with E-state index in [1.807, 2.05) is 0 Å². The Morgan fingerprint density at radius 3 is 2.27 bits per heavy atom. The SMILES string of the molecule is NS(=O)(=O)c1ccc(Cc2c(-c3cccc(-c4ccc(C(F)(F)C(F)(F)F)cc4)c3)nn(-c3nc(C(=O)O)cs3)c2CCC2CC2)cc1F. The van der Waals surface area contributed by atoms with E-state index in [9.17, 15) is 44.7 Å². The van der Waals surface area contributed by atoms with Crippen LogP contribution in [0.4, 0.5) is 26.3 Å². The number of sulfonamides is 1. The van der Waals surface area contributed by atoms with Crippen LogP contribution in [0, 0.1) is 11.7 Å². The number of primary sulfonamides is 1. The number of hydrogen-bond donors (Lipinski definition) is 2. The van der Waals surface area contributed by atoms with Crippen LogP contribution in [0.25, 0.3) is 27.5 Å². The predicted octanol–water partition coefficient (Wildman–Crippen LogP) is 7.74. The fourth-order valence-electron chi connectivity index (χ4n) is 5.50. The van der Waals surface area contributed by atoms with Crippen LogP contribution in [0.5, 0.6) is 0 Å². The number of benzene rings is 3. The molecule has 0 unspecified atom stereocenters. The molecule has 0 spiro atoms. The molecule has 0 bridgehead atoms. The van der Waals surface area contributed by atoms with E-state index in [1.54, 1.807) is 28.9 Å². The van der Waals surface area contributed by atoms with Gasteiger partial charge in [0.2, 0.25) is 15.2 Å². The van der Waals surface area contributed by atoms with E-state index in [0.717, 1.165) is 54.9 Å². The topological polar surface area (TPSA) is 128 Å². The molecule has 3 N–H and O–H groups in total. The van der Waals surface area contributed by atoms with Gasteiger partial charge in [0.1, 0.15) is 10.7 Å². The molecule has 6 rings (SSSR count). The summed E-state index contributed by atoms with van der Waals surface area (Å²) in [4.78, 5) is 15.2. The number of alkyl halides is 5. The van der Waals surface area contributed by atoms with E-state index in [4.69, 9.17) is 10.2 Å². The number of thiazole rings is 1. The molecule has 5 aromatic rings. The van der Waals surface area contributed by atoms with Crippen LogP contribution in [-0.2, 0) is 28.8 Å². The van der Waals surface area contributed by atoms with E-state index in [-0.39, 0.29) is 17.2 Å². The summed E-state index contributed by atoms with van der Waals surface area (Å²) < 4.78 is 107. The van der Waals surface area contributed by atoms with E-state index in [1.165, 1.54) is 11.4 Å². The van der Waals surface area contributed by atoms with Gasteiger partial charge in [-0.25, -0.2) is 32.4 Å². The molecule has 1 aliphatic rings. The lowest BCUT2D eigenvalue weighted by Gasteiger charge is -2.20. The number of halogens is 6. The predicted molar refractivity (Wildman–Crippen MR) is 169 cm³/mol. The van der Waals surface area contributed by atoms with Crippen molar-refractivity contribution in [3.63, 3.8) is 0 Å². The van der Waals surface area contributed by atoms with Crippen molar-refractivity contribution in [2.24, 2.45) is 11.1 Å². The van der Waals surface area contributed by atoms with Crippen molar-refractivity contribution in [2.45, 2.75) is 49.1 Å². The highest BCUT2D eigenvalue weighted by Crippen LogP contribution is 2.44. The Hall–Kier alpha value is -4.54. The van der Waals surface area contributed by atoms with Gasteiger partial charge < -0.3 is 5.11 Å². The molecule has 0 amide bonds. The molecule has 49 heavy (non-hydrogen) atoms. The summed E-state index contributed by atoms with van der Waals surface area (Å²) in [5.41, 5.74) is 2.04. The zero-order valence-corrected chi connectivity index (χ0v) is 26.8. The molecule has 1 aliphatic carbocycles.